The average molecular weight is 300 g/mol. The Morgan fingerprint density at radius 2 is 1.27 bits per heavy atom. The van der Waals surface area contributed by atoms with Gasteiger partial charge in [0.1, 0.15) is 0 Å². The lowest BCUT2D eigenvalue weighted by atomic mass is 10.2. The largest absolute Gasteiger partial charge is 0.438 e. The fraction of sp³-hybridized carbons (Fsp3) is 0.250. The molecular weight excluding hydrogens is 284 g/mol. The van der Waals surface area contributed by atoms with Crippen LogP contribution in [-0.4, -0.2) is 28.8 Å². The van der Waals surface area contributed by atoms with Crippen molar-refractivity contribution in [1.82, 2.24) is 9.97 Å². The first-order valence-electron chi connectivity index (χ1n) is 6.72. The van der Waals surface area contributed by atoms with Gasteiger partial charge in [0, 0.05) is 30.2 Å². The summed E-state index contributed by atoms with van der Waals surface area (Å²) in [5.74, 6) is 0.716. The van der Waals surface area contributed by atoms with Gasteiger partial charge in [-0.25, -0.2) is 9.97 Å². The number of pyridine rings is 2. The number of aryl methyl sites for hydroxylation is 2. The van der Waals surface area contributed by atoms with Crippen molar-refractivity contribution in [3.05, 3.63) is 46.8 Å². The molecule has 22 heavy (non-hydrogen) atoms. The van der Waals surface area contributed by atoms with E-state index in [1.54, 1.807) is 45.0 Å². The van der Waals surface area contributed by atoms with Crippen molar-refractivity contribution in [3.8, 4) is 11.8 Å². The monoisotopic (exact) mass is 300 g/mol. The summed E-state index contributed by atoms with van der Waals surface area (Å²) in [7, 11) is 0. The second-order valence-electron chi connectivity index (χ2n) is 4.69. The molecule has 0 aliphatic carbocycles. The van der Waals surface area contributed by atoms with Crippen LogP contribution in [0.2, 0.25) is 0 Å². The molecule has 0 aromatic carbocycles. The molecule has 0 bridgehead atoms. The highest BCUT2D eigenvalue weighted by Gasteiger charge is 2.10. The first-order valence-corrected chi connectivity index (χ1v) is 6.72. The minimum atomic E-state index is -0.622. The van der Waals surface area contributed by atoms with E-state index in [1.807, 2.05) is 0 Å². The first-order chi connectivity index (χ1) is 10.5. The first kappa shape index (κ1) is 15.6. The maximum atomic E-state index is 10.7. The second kappa shape index (κ2) is 6.80. The molecule has 0 amide bonds. The SMILES string of the molecule is Cc1nc(OC(C)Oc2ccc(C=O)c(C)n2)ccc1C=O. The molecule has 0 saturated heterocycles. The van der Waals surface area contributed by atoms with Crippen LogP contribution in [0.1, 0.15) is 39.0 Å². The Labute approximate surface area is 128 Å². The van der Waals surface area contributed by atoms with Crippen molar-refractivity contribution in [2.75, 3.05) is 0 Å². The van der Waals surface area contributed by atoms with E-state index in [-0.39, 0.29) is 0 Å². The molecule has 0 saturated carbocycles. The Morgan fingerprint density at radius 3 is 1.59 bits per heavy atom. The highest BCUT2D eigenvalue weighted by atomic mass is 16.7. The van der Waals surface area contributed by atoms with E-state index in [0.717, 1.165) is 12.6 Å². The Hall–Kier alpha value is -2.76. The zero-order valence-corrected chi connectivity index (χ0v) is 12.6. The number of aromatic nitrogens is 2. The van der Waals surface area contributed by atoms with Crippen molar-refractivity contribution < 1.29 is 19.1 Å². The van der Waals surface area contributed by atoms with Crippen LogP contribution < -0.4 is 9.47 Å². The summed E-state index contributed by atoms with van der Waals surface area (Å²) in [4.78, 5) is 29.8. The summed E-state index contributed by atoms with van der Waals surface area (Å²) < 4.78 is 11.1. The van der Waals surface area contributed by atoms with Crippen LogP contribution in [0.15, 0.2) is 24.3 Å². The van der Waals surface area contributed by atoms with Crippen LogP contribution in [0.4, 0.5) is 0 Å². The number of nitrogens with zero attached hydrogens (tertiary/aromatic N) is 2. The lowest BCUT2D eigenvalue weighted by Crippen LogP contribution is -2.21. The molecule has 2 aromatic heterocycles. The van der Waals surface area contributed by atoms with Crippen LogP contribution in [0.5, 0.6) is 11.8 Å². The number of ether oxygens (including phenoxy) is 2. The van der Waals surface area contributed by atoms with Crippen molar-refractivity contribution >= 4 is 12.6 Å². The Balaban J connectivity index is 2.05. The molecule has 0 aliphatic heterocycles. The number of hydrogen-bond acceptors (Lipinski definition) is 6. The minimum Gasteiger partial charge on any atom is -0.438 e. The summed E-state index contributed by atoms with van der Waals surface area (Å²) in [5.41, 5.74) is 2.21. The third kappa shape index (κ3) is 3.66. The third-order valence-corrected chi connectivity index (χ3v) is 3.03. The average Bonchev–Trinajstić information content (AvgIpc) is 2.47. The van der Waals surface area contributed by atoms with Gasteiger partial charge in [-0.05, 0) is 26.0 Å². The molecule has 0 atom stereocenters. The quantitative estimate of drug-likeness (QED) is 0.602. The topological polar surface area (TPSA) is 78.4 Å². The van der Waals surface area contributed by atoms with E-state index in [2.05, 4.69) is 9.97 Å². The predicted octanol–water partition coefficient (Wildman–Crippen LogP) is 2.52. The van der Waals surface area contributed by atoms with Crippen molar-refractivity contribution in [2.45, 2.75) is 27.1 Å². The molecular formula is C16H16N2O4. The van der Waals surface area contributed by atoms with E-state index in [9.17, 15) is 9.59 Å². The molecule has 0 spiro atoms. The molecule has 6 nitrogen and oxygen atoms in total. The summed E-state index contributed by atoms with van der Waals surface area (Å²) >= 11 is 0. The van der Waals surface area contributed by atoms with Gasteiger partial charge in [-0.15, -0.1) is 0 Å². The maximum absolute atomic E-state index is 10.7. The fourth-order valence-corrected chi connectivity index (χ4v) is 1.84. The highest BCUT2D eigenvalue weighted by molar-refractivity contribution is 5.76. The Morgan fingerprint density at radius 1 is 0.864 bits per heavy atom. The summed E-state index contributed by atoms with van der Waals surface area (Å²) in [6, 6.07) is 6.48. The molecule has 6 heteroatoms. The number of carbonyl (C=O) groups excluding carboxylic acids is 2. The second-order valence-corrected chi connectivity index (χ2v) is 4.69. The van der Waals surface area contributed by atoms with Gasteiger partial charge in [-0.1, -0.05) is 0 Å². The third-order valence-electron chi connectivity index (χ3n) is 3.03. The highest BCUT2D eigenvalue weighted by Crippen LogP contribution is 2.16. The van der Waals surface area contributed by atoms with Crippen molar-refractivity contribution in [1.29, 1.82) is 0 Å². The van der Waals surface area contributed by atoms with Gasteiger partial charge >= 0.3 is 0 Å². The summed E-state index contributed by atoms with van der Waals surface area (Å²) in [6.45, 7) is 5.16. The number of rotatable bonds is 6. The number of carbonyl (C=O) groups is 2. The van der Waals surface area contributed by atoms with E-state index >= 15 is 0 Å². The van der Waals surface area contributed by atoms with Crippen molar-refractivity contribution in [3.63, 3.8) is 0 Å². The smallest absolute Gasteiger partial charge is 0.242 e. The number of aldehydes is 2. The zero-order valence-electron chi connectivity index (χ0n) is 12.6. The lowest BCUT2D eigenvalue weighted by molar-refractivity contribution is 0.0149. The zero-order chi connectivity index (χ0) is 16.1. The molecule has 2 rings (SSSR count). The molecule has 2 aromatic rings. The molecule has 114 valence electrons. The standard InChI is InChI=1S/C16H16N2O4/c1-10-13(8-19)4-6-15(17-10)21-12(3)22-16-7-5-14(9-20)11(2)18-16/h4-9,12H,1-3H3. The normalized spacial score (nSPS) is 10.4. The molecule has 0 radical (unpaired) electrons. The molecule has 2 heterocycles. The van der Waals surface area contributed by atoms with Gasteiger partial charge in [0.05, 0.1) is 11.4 Å². The van der Waals surface area contributed by atoms with Crippen LogP contribution in [0.25, 0.3) is 0 Å². The van der Waals surface area contributed by atoms with E-state index < -0.39 is 6.29 Å². The van der Waals surface area contributed by atoms with Gasteiger partial charge in [-0.3, -0.25) is 9.59 Å². The van der Waals surface area contributed by atoms with Gasteiger partial charge in [-0.2, -0.15) is 0 Å². The minimum absolute atomic E-state index is 0.358. The van der Waals surface area contributed by atoms with Gasteiger partial charge in [0.25, 0.3) is 0 Å². The van der Waals surface area contributed by atoms with Crippen LogP contribution in [0, 0.1) is 13.8 Å². The lowest BCUT2D eigenvalue weighted by Gasteiger charge is -2.16. The predicted molar refractivity (Wildman–Crippen MR) is 79.4 cm³/mol. The Bertz CT molecular complexity index is 641. The maximum Gasteiger partial charge on any atom is 0.242 e. The van der Waals surface area contributed by atoms with Crippen molar-refractivity contribution in [2.24, 2.45) is 0 Å². The molecule has 0 unspecified atom stereocenters. The van der Waals surface area contributed by atoms with Gasteiger partial charge in [0.15, 0.2) is 12.6 Å². The van der Waals surface area contributed by atoms with Gasteiger partial charge in [0.2, 0.25) is 18.1 Å². The molecule has 0 aliphatic rings. The van der Waals surface area contributed by atoms with Crippen LogP contribution in [-0.2, 0) is 0 Å². The molecule has 0 N–H and O–H groups in total. The number of hydrogen-bond donors (Lipinski definition) is 0. The van der Waals surface area contributed by atoms with Gasteiger partial charge < -0.3 is 9.47 Å². The molecule has 0 fully saturated rings. The van der Waals surface area contributed by atoms with E-state index in [4.69, 9.17) is 9.47 Å². The summed E-state index contributed by atoms with van der Waals surface area (Å²) in [6.07, 6.45) is 0.865. The van der Waals surface area contributed by atoms with Crippen LogP contribution in [0.3, 0.4) is 0 Å². The summed E-state index contributed by atoms with van der Waals surface area (Å²) in [5, 5.41) is 0. The van der Waals surface area contributed by atoms with Crippen LogP contribution >= 0.6 is 0 Å². The van der Waals surface area contributed by atoms with E-state index in [1.165, 1.54) is 0 Å². The Kier molecular flexibility index (Phi) is 4.83. The fourth-order valence-electron chi connectivity index (χ4n) is 1.84. The van der Waals surface area contributed by atoms with E-state index in [0.29, 0.717) is 34.3 Å².